The number of nitrogen functional groups attached to an aromatic ring is 1. The number of nitrogens with zero attached hydrogens (tertiary/aromatic N) is 3. The summed E-state index contributed by atoms with van der Waals surface area (Å²) in [4.78, 5) is 39.1. The molecule has 0 aliphatic rings. The van der Waals surface area contributed by atoms with Crippen molar-refractivity contribution in [2.24, 2.45) is 0 Å². The number of anilines is 1. The number of fused-ring (bicyclic) bond motifs is 1. The SMILES string of the molecule is Nc1nc2c(ncn2COCC(O)CCP(=O)(O)O)c(=O)[nH]1. The van der Waals surface area contributed by atoms with Crippen molar-refractivity contribution < 1.29 is 24.2 Å². The smallest absolute Gasteiger partial charge is 0.325 e. The normalized spacial score (nSPS) is 13.6. The van der Waals surface area contributed by atoms with E-state index in [0.29, 0.717) is 0 Å². The van der Waals surface area contributed by atoms with Gasteiger partial charge in [-0.15, -0.1) is 0 Å². The topological polar surface area (TPSA) is 177 Å². The van der Waals surface area contributed by atoms with E-state index in [1.54, 1.807) is 0 Å². The predicted octanol–water partition coefficient (Wildman–Crippen LogP) is -1.40. The van der Waals surface area contributed by atoms with Crippen LogP contribution in [0.1, 0.15) is 6.42 Å². The third-order valence-corrected chi connectivity index (χ3v) is 3.63. The van der Waals surface area contributed by atoms with Gasteiger partial charge in [-0.2, -0.15) is 4.98 Å². The van der Waals surface area contributed by atoms with Crippen LogP contribution in [0.25, 0.3) is 11.2 Å². The number of hydrogen-bond acceptors (Lipinski definition) is 7. The number of rotatable bonds is 7. The minimum absolute atomic E-state index is 0.0423. The molecular weight excluding hydrogens is 317 g/mol. The molecule has 122 valence electrons. The summed E-state index contributed by atoms with van der Waals surface area (Å²) in [5.74, 6) is -0.0547. The Labute approximate surface area is 123 Å². The third kappa shape index (κ3) is 4.36. The van der Waals surface area contributed by atoms with Crippen LogP contribution in [0.5, 0.6) is 0 Å². The zero-order chi connectivity index (χ0) is 16.3. The van der Waals surface area contributed by atoms with Crippen LogP contribution in [-0.2, 0) is 16.0 Å². The first kappa shape index (κ1) is 16.6. The number of nitrogens with one attached hydrogen (secondary N) is 1. The fourth-order valence-corrected chi connectivity index (χ4v) is 2.39. The highest BCUT2D eigenvalue weighted by atomic mass is 31.2. The van der Waals surface area contributed by atoms with Crippen molar-refractivity contribution in [2.45, 2.75) is 19.3 Å². The van der Waals surface area contributed by atoms with Crippen molar-refractivity contribution in [2.75, 3.05) is 18.5 Å². The van der Waals surface area contributed by atoms with Gasteiger partial charge < -0.3 is 25.4 Å². The van der Waals surface area contributed by atoms with Crippen LogP contribution < -0.4 is 11.3 Å². The molecule has 0 saturated carbocycles. The highest BCUT2D eigenvalue weighted by molar-refractivity contribution is 7.51. The summed E-state index contributed by atoms with van der Waals surface area (Å²) in [7, 11) is -4.14. The quantitative estimate of drug-likeness (QED) is 0.381. The molecule has 2 rings (SSSR count). The number of nitrogens with two attached hydrogens (primary N) is 1. The summed E-state index contributed by atoms with van der Waals surface area (Å²) in [5.41, 5.74) is 5.33. The molecule has 0 saturated heterocycles. The van der Waals surface area contributed by atoms with Crippen molar-refractivity contribution in [3.8, 4) is 0 Å². The number of aliphatic hydroxyl groups is 1. The molecule has 6 N–H and O–H groups in total. The number of aromatic amines is 1. The fraction of sp³-hybridized carbons (Fsp3) is 0.500. The Balaban J connectivity index is 1.93. The minimum atomic E-state index is -4.14. The Morgan fingerprint density at radius 2 is 2.23 bits per heavy atom. The Morgan fingerprint density at radius 3 is 2.91 bits per heavy atom. The first-order chi connectivity index (χ1) is 10.3. The Morgan fingerprint density at radius 1 is 1.50 bits per heavy atom. The van der Waals surface area contributed by atoms with Gasteiger partial charge in [0.15, 0.2) is 11.2 Å². The first-order valence-electron chi connectivity index (χ1n) is 6.27. The fourth-order valence-electron chi connectivity index (χ4n) is 1.75. The van der Waals surface area contributed by atoms with E-state index in [1.165, 1.54) is 10.9 Å². The van der Waals surface area contributed by atoms with Gasteiger partial charge in [0.1, 0.15) is 6.73 Å². The molecule has 0 bridgehead atoms. The van der Waals surface area contributed by atoms with Gasteiger partial charge in [0.25, 0.3) is 5.56 Å². The average Bonchev–Trinajstić information content (AvgIpc) is 2.79. The Bertz CT molecular complexity index is 752. The van der Waals surface area contributed by atoms with Crippen LogP contribution in [0.2, 0.25) is 0 Å². The van der Waals surface area contributed by atoms with Crippen LogP contribution in [0, 0.1) is 0 Å². The maximum Gasteiger partial charge on any atom is 0.325 e. The van der Waals surface area contributed by atoms with E-state index in [4.69, 9.17) is 20.3 Å². The molecule has 0 radical (unpaired) electrons. The minimum Gasteiger partial charge on any atom is -0.391 e. The maximum absolute atomic E-state index is 11.6. The lowest BCUT2D eigenvalue weighted by molar-refractivity contribution is 0.00508. The van der Waals surface area contributed by atoms with Gasteiger partial charge in [-0.25, -0.2) is 4.98 Å². The number of aliphatic hydroxyl groups excluding tert-OH is 1. The van der Waals surface area contributed by atoms with E-state index in [0.717, 1.165) is 0 Å². The highest BCUT2D eigenvalue weighted by Crippen LogP contribution is 2.35. The van der Waals surface area contributed by atoms with E-state index >= 15 is 0 Å². The molecule has 2 heterocycles. The zero-order valence-electron chi connectivity index (χ0n) is 11.4. The number of hydrogen-bond donors (Lipinski definition) is 5. The lowest BCUT2D eigenvalue weighted by Gasteiger charge is -2.12. The van der Waals surface area contributed by atoms with Gasteiger partial charge in [-0.3, -0.25) is 18.9 Å². The van der Waals surface area contributed by atoms with E-state index in [2.05, 4.69) is 15.0 Å². The molecule has 1 unspecified atom stereocenters. The third-order valence-electron chi connectivity index (χ3n) is 2.79. The summed E-state index contributed by atoms with van der Waals surface area (Å²) < 4.78 is 17.3. The summed E-state index contributed by atoms with van der Waals surface area (Å²) >= 11 is 0. The molecule has 22 heavy (non-hydrogen) atoms. The van der Waals surface area contributed by atoms with Crippen LogP contribution in [-0.4, -0.2) is 53.3 Å². The lowest BCUT2D eigenvalue weighted by Crippen LogP contribution is -2.18. The highest BCUT2D eigenvalue weighted by Gasteiger charge is 2.16. The van der Waals surface area contributed by atoms with Crippen molar-refractivity contribution in [3.63, 3.8) is 0 Å². The van der Waals surface area contributed by atoms with Gasteiger partial charge in [0.2, 0.25) is 5.95 Å². The number of aromatic nitrogens is 4. The lowest BCUT2D eigenvalue weighted by atomic mass is 10.3. The van der Waals surface area contributed by atoms with Crippen LogP contribution in [0.4, 0.5) is 5.95 Å². The van der Waals surface area contributed by atoms with Crippen molar-refractivity contribution >= 4 is 24.7 Å². The largest absolute Gasteiger partial charge is 0.391 e. The molecule has 0 amide bonds. The summed E-state index contributed by atoms with van der Waals surface area (Å²) in [5, 5.41) is 9.56. The second-order valence-corrected chi connectivity index (χ2v) is 6.45. The molecule has 0 aliphatic heterocycles. The molecule has 0 aromatic carbocycles. The van der Waals surface area contributed by atoms with E-state index < -0.39 is 25.4 Å². The molecule has 0 aliphatic carbocycles. The van der Waals surface area contributed by atoms with Crippen LogP contribution >= 0.6 is 7.60 Å². The van der Waals surface area contributed by atoms with Crippen LogP contribution in [0.15, 0.2) is 11.1 Å². The molecule has 2 aromatic heterocycles. The molecule has 0 spiro atoms. The van der Waals surface area contributed by atoms with Gasteiger partial charge in [0.05, 0.1) is 25.2 Å². The second kappa shape index (κ2) is 6.55. The Hall–Kier alpha value is -1.78. The predicted molar refractivity (Wildman–Crippen MR) is 76.0 cm³/mol. The van der Waals surface area contributed by atoms with Gasteiger partial charge in [-0.1, -0.05) is 0 Å². The van der Waals surface area contributed by atoms with Crippen LogP contribution in [0.3, 0.4) is 0 Å². The standard InChI is InChI=1S/C10H16N5O6P/c11-10-13-8-7(9(17)14-10)12-4-15(8)5-21-3-6(16)1-2-22(18,19)20/h4,6,16H,1-3,5H2,(H2,18,19,20)(H3,11,13,14,17). The molecule has 0 fully saturated rings. The number of H-pyrrole nitrogens is 1. The number of ether oxygens (including phenoxy) is 1. The molecule has 1 atom stereocenters. The molecule has 12 heteroatoms. The summed E-state index contributed by atoms with van der Waals surface area (Å²) in [6.45, 7) is -0.169. The van der Waals surface area contributed by atoms with E-state index in [1.807, 2.05) is 0 Å². The van der Waals surface area contributed by atoms with Crippen molar-refractivity contribution in [1.82, 2.24) is 19.5 Å². The summed E-state index contributed by atoms with van der Waals surface area (Å²) in [6, 6.07) is 0. The molecule has 2 aromatic rings. The molecular formula is C10H16N5O6P. The average molecular weight is 333 g/mol. The van der Waals surface area contributed by atoms with Crippen molar-refractivity contribution in [3.05, 3.63) is 16.7 Å². The summed E-state index contributed by atoms with van der Waals surface area (Å²) in [6.07, 6.45) is -0.170. The Kier molecular flexibility index (Phi) is 4.94. The van der Waals surface area contributed by atoms with E-state index in [9.17, 15) is 14.5 Å². The van der Waals surface area contributed by atoms with Gasteiger partial charge in [0, 0.05) is 0 Å². The monoisotopic (exact) mass is 333 g/mol. The van der Waals surface area contributed by atoms with Gasteiger partial charge in [-0.05, 0) is 6.42 Å². The second-order valence-electron chi connectivity index (χ2n) is 4.67. The van der Waals surface area contributed by atoms with E-state index in [-0.39, 0.29) is 36.9 Å². The number of imidazole rings is 1. The maximum atomic E-state index is 11.6. The van der Waals surface area contributed by atoms with Crippen molar-refractivity contribution in [1.29, 1.82) is 0 Å². The first-order valence-corrected chi connectivity index (χ1v) is 8.07. The zero-order valence-corrected chi connectivity index (χ0v) is 12.3. The van der Waals surface area contributed by atoms with Gasteiger partial charge >= 0.3 is 7.60 Å². The molecule has 11 nitrogen and oxygen atoms in total.